The molecule has 0 aliphatic carbocycles. The largest absolute Gasteiger partial charge is 0.497 e. The molecular weight excluding hydrogens is 382 g/mol. The van der Waals surface area contributed by atoms with Crippen molar-refractivity contribution in [3.8, 4) is 5.75 Å². The molecule has 0 spiro atoms. The number of methoxy groups -OCH3 is 1. The summed E-state index contributed by atoms with van der Waals surface area (Å²) in [5.74, 6) is -0.234. The molecule has 1 aliphatic heterocycles. The van der Waals surface area contributed by atoms with Gasteiger partial charge in [0, 0.05) is 10.5 Å². The van der Waals surface area contributed by atoms with Gasteiger partial charge in [-0.15, -0.1) is 0 Å². The first-order chi connectivity index (χ1) is 10.9. The Morgan fingerprint density at radius 2 is 1.83 bits per heavy atom. The van der Waals surface area contributed by atoms with Crippen LogP contribution in [0.1, 0.15) is 22.8 Å². The van der Waals surface area contributed by atoms with Crippen LogP contribution in [0.3, 0.4) is 0 Å². The number of nitrogens with one attached hydrogen (secondary N) is 1. The zero-order valence-corrected chi connectivity index (χ0v) is 14.8. The molecular formula is C17H13BrClNO3. The lowest BCUT2D eigenvalue weighted by atomic mass is 9.73. The summed E-state index contributed by atoms with van der Waals surface area (Å²) in [5, 5.41) is 3.03. The van der Waals surface area contributed by atoms with Crippen LogP contribution in [-0.2, 0) is 10.2 Å². The van der Waals surface area contributed by atoms with Gasteiger partial charge in [-0.25, -0.2) is 0 Å². The minimum absolute atomic E-state index is 0.257. The fourth-order valence-electron chi connectivity index (χ4n) is 2.67. The Hall–Kier alpha value is -1.85. The molecule has 118 valence electrons. The topological polar surface area (TPSA) is 55.4 Å². The summed E-state index contributed by atoms with van der Waals surface area (Å²) in [6.45, 7) is 1.61. The molecule has 2 aromatic carbocycles. The second-order valence-electron chi connectivity index (χ2n) is 5.45. The van der Waals surface area contributed by atoms with Gasteiger partial charge in [-0.05, 0) is 30.7 Å². The Morgan fingerprint density at radius 1 is 1.17 bits per heavy atom. The number of Topliss-reactive ketones (excluding diaryl/α,β-unsaturated/α-hetero) is 1. The quantitative estimate of drug-likeness (QED) is 0.777. The molecule has 1 atom stereocenters. The second-order valence-corrected chi connectivity index (χ2v) is 6.77. The summed E-state index contributed by atoms with van der Waals surface area (Å²) in [4.78, 5) is 25.7. The second kappa shape index (κ2) is 5.65. The lowest BCUT2D eigenvalue weighted by Crippen LogP contribution is -2.48. The number of ether oxygens (including phenoxy) is 1. The highest BCUT2D eigenvalue weighted by molar-refractivity contribution is 9.10. The van der Waals surface area contributed by atoms with Gasteiger partial charge in [0.2, 0.25) is 5.91 Å². The summed E-state index contributed by atoms with van der Waals surface area (Å²) in [6, 6.07) is 10.3. The predicted octanol–water partition coefficient (Wildman–Crippen LogP) is 4.20. The van der Waals surface area contributed by atoms with Crippen LogP contribution in [0, 0.1) is 0 Å². The molecule has 3 rings (SSSR count). The van der Waals surface area contributed by atoms with Gasteiger partial charge in [-0.2, -0.15) is 0 Å². The van der Waals surface area contributed by atoms with Gasteiger partial charge in [0.25, 0.3) is 0 Å². The van der Waals surface area contributed by atoms with E-state index in [4.69, 9.17) is 16.3 Å². The number of benzene rings is 2. The van der Waals surface area contributed by atoms with Gasteiger partial charge in [0.15, 0.2) is 5.78 Å². The number of ketones is 1. The number of hydrogen-bond acceptors (Lipinski definition) is 3. The summed E-state index contributed by atoms with van der Waals surface area (Å²) in [7, 11) is 1.50. The average Bonchev–Trinajstić information content (AvgIpc) is 2.52. The zero-order valence-electron chi connectivity index (χ0n) is 12.4. The van der Waals surface area contributed by atoms with Gasteiger partial charge in [0.05, 0.1) is 23.4 Å². The number of rotatable bonds is 2. The van der Waals surface area contributed by atoms with Crippen molar-refractivity contribution < 1.29 is 14.3 Å². The number of halogens is 2. The molecule has 23 heavy (non-hydrogen) atoms. The number of carbonyl (C=O) groups is 2. The van der Waals surface area contributed by atoms with E-state index >= 15 is 0 Å². The third-order valence-corrected chi connectivity index (χ3v) is 4.93. The molecule has 1 amide bonds. The van der Waals surface area contributed by atoms with Crippen LogP contribution >= 0.6 is 27.5 Å². The van der Waals surface area contributed by atoms with Crippen LogP contribution in [0.25, 0.3) is 0 Å². The lowest BCUT2D eigenvalue weighted by Gasteiger charge is -2.33. The van der Waals surface area contributed by atoms with E-state index in [9.17, 15) is 9.59 Å². The fourth-order valence-corrected chi connectivity index (χ4v) is 3.23. The number of anilines is 1. The molecule has 4 nitrogen and oxygen atoms in total. The van der Waals surface area contributed by atoms with Gasteiger partial charge in [-0.3, -0.25) is 9.59 Å². The van der Waals surface area contributed by atoms with Crippen molar-refractivity contribution in [2.75, 3.05) is 12.4 Å². The Labute approximate surface area is 146 Å². The first kappa shape index (κ1) is 16.0. The van der Waals surface area contributed by atoms with E-state index in [0.29, 0.717) is 22.6 Å². The van der Waals surface area contributed by atoms with Crippen molar-refractivity contribution in [1.82, 2.24) is 0 Å². The fraction of sp³-hybridized carbons (Fsp3) is 0.176. The van der Waals surface area contributed by atoms with Crippen LogP contribution in [0.2, 0.25) is 5.02 Å². The van der Waals surface area contributed by atoms with Crippen LogP contribution < -0.4 is 10.1 Å². The number of fused-ring (bicyclic) bond motifs is 1. The SMILES string of the molecule is COc1cc(Cl)c2c(c1)NC(=O)C(C)(c1ccc(Br)cc1)C2=O. The van der Waals surface area contributed by atoms with Crippen molar-refractivity contribution in [2.45, 2.75) is 12.3 Å². The molecule has 6 heteroatoms. The minimum Gasteiger partial charge on any atom is -0.497 e. The Kier molecular flexibility index (Phi) is 3.94. The Bertz CT molecular complexity index is 819. The van der Waals surface area contributed by atoms with Crippen LogP contribution in [0.5, 0.6) is 5.75 Å². The first-order valence-electron chi connectivity index (χ1n) is 6.87. The van der Waals surface area contributed by atoms with E-state index in [1.54, 1.807) is 43.3 Å². The summed E-state index contributed by atoms with van der Waals surface area (Å²) in [6.07, 6.45) is 0. The van der Waals surface area contributed by atoms with Crippen molar-refractivity contribution in [3.05, 3.63) is 57.0 Å². The van der Waals surface area contributed by atoms with E-state index < -0.39 is 5.41 Å². The van der Waals surface area contributed by atoms with Gasteiger partial charge in [0.1, 0.15) is 11.2 Å². The maximum Gasteiger partial charge on any atom is 0.242 e. The molecule has 0 aromatic heterocycles. The molecule has 1 heterocycles. The lowest BCUT2D eigenvalue weighted by molar-refractivity contribution is -0.119. The summed E-state index contributed by atoms with van der Waals surface area (Å²) < 4.78 is 6.00. The van der Waals surface area contributed by atoms with E-state index in [1.807, 2.05) is 0 Å². The molecule has 0 saturated heterocycles. The van der Waals surface area contributed by atoms with E-state index in [2.05, 4.69) is 21.2 Å². The molecule has 1 N–H and O–H groups in total. The number of hydrogen-bond donors (Lipinski definition) is 1. The van der Waals surface area contributed by atoms with Crippen LogP contribution in [0.4, 0.5) is 5.69 Å². The van der Waals surface area contributed by atoms with Crippen molar-refractivity contribution in [1.29, 1.82) is 0 Å². The van der Waals surface area contributed by atoms with Crippen LogP contribution in [-0.4, -0.2) is 18.8 Å². The average molecular weight is 395 g/mol. The monoisotopic (exact) mass is 393 g/mol. The molecule has 1 aliphatic rings. The molecule has 0 saturated carbocycles. The van der Waals surface area contributed by atoms with Crippen molar-refractivity contribution >= 4 is 44.9 Å². The highest BCUT2D eigenvalue weighted by Gasteiger charge is 2.48. The smallest absolute Gasteiger partial charge is 0.242 e. The van der Waals surface area contributed by atoms with Gasteiger partial charge < -0.3 is 10.1 Å². The Balaban J connectivity index is 2.18. The highest BCUT2D eigenvalue weighted by atomic mass is 79.9. The normalized spacial score (nSPS) is 20.0. The van der Waals surface area contributed by atoms with Gasteiger partial charge in [-0.1, -0.05) is 39.7 Å². The molecule has 2 aromatic rings. The number of carbonyl (C=O) groups excluding carboxylic acids is 2. The van der Waals surface area contributed by atoms with Crippen molar-refractivity contribution in [3.63, 3.8) is 0 Å². The molecule has 0 radical (unpaired) electrons. The first-order valence-corrected chi connectivity index (χ1v) is 8.05. The maximum atomic E-state index is 13.1. The molecule has 1 unspecified atom stereocenters. The van der Waals surface area contributed by atoms with Crippen LogP contribution in [0.15, 0.2) is 40.9 Å². The third kappa shape index (κ3) is 2.44. The van der Waals surface area contributed by atoms with E-state index in [-0.39, 0.29) is 16.7 Å². The van der Waals surface area contributed by atoms with Gasteiger partial charge >= 0.3 is 0 Å². The van der Waals surface area contributed by atoms with Crippen molar-refractivity contribution in [2.24, 2.45) is 0 Å². The Morgan fingerprint density at radius 3 is 2.43 bits per heavy atom. The number of amides is 1. The third-order valence-electron chi connectivity index (χ3n) is 4.10. The molecule has 0 bridgehead atoms. The minimum atomic E-state index is -1.33. The highest BCUT2D eigenvalue weighted by Crippen LogP contribution is 2.41. The summed E-state index contributed by atoms with van der Waals surface area (Å²) >= 11 is 9.60. The maximum absolute atomic E-state index is 13.1. The predicted molar refractivity (Wildman–Crippen MR) is 92.5 cm³/mol. The standard InChI is InChI=1S/C17H13BrClNO3/c1-17(9-3-5-10(18)6-4-9)15(21)14-12(19)7-11(23-2)8-13(14)20-16(17)22/h3-8H,1-2H3,(H,20,22). The van der Waals surface area contributed by atoms with E-state index in [1.165, 1.54) is 7.11 Å². The summed E-state index contributed by atoms with van der Waals surface area (Å²) in [5.41, 5.74) is -0.0384. The zero-order chi connectivity index (χ0) is 16.8. The molecule has 0 fully saturated rings. The van der Waals surface area contributed by atoms with E-state index in [0.717, 1.165) is 4.47 Å².